The Hall–Kier alpha value is -8.14. The maximum atomic E-state index is 7.00. The number of anilines is 3. The van der Waals surface area contributed by atoms with E-state index in [0.717, 1.165) is 94.3 Å². The number of rotatable bonds is 7. The Bertz CT molecular complexity index is 3550. The van der Waals surface area contributed by atoms with E-state index in [1.165, 1.54) is 21.9 Å². The summed E-state index contributed by atoms with van der Waals surface area (Å²) in [4.78, 5) is 2.35. The van der Waals surface area contributed by atoms with Crippen LogP contribution < -0.4 is 4.90 Å². The van der Waals surface area contributed by atoms with E-state index in [2.05, 4.69) is 217 Å². The average Bonchev–Trinajstić information content (AvgIpc) is 3.93. The molecule has 10 aromatic carbocycles. The molecule has 2 aromatic heterocycles. The van der Waals surface area contributed by atoms with Crippen molar-refractivity contribution in [3.05, 3.63) is 224 Å². The van der Waals surface area contributed by atoms with E-state index in [9.17, 15) is 0 Å². The molecule has 0 unspecified atom stereocenters. The fourth-order valence-electron chi connectivity index (χ4n) is 9.24. The molecule has 0 aliphatic carbocycles. The Morgan fingerprint density at radius 3 is 1.51 bits per heavy atom. The molecular weight excluding hydrogens is 743 g/mol. The summed E-state index contributed by atoms with van der Waals surface area (Å²) in [5.41, 5.74) is 13.8. The number of fused-ring (bicyclic) bond motifs is 9. The van der Waals surface area contributed by atoms with Crippen molar-refractivity contribution >= 4 is 71.5 Å². The lowest BCUT2D eigenvalue weighted by molar-refractivity contribution is 0.636. The van der Waals surface area contributed by atoms with Gasteiger partial charge in [0, 0.05) is 38.7 Å². The van der Waals surface area contributed by atoms with Gasteiger partial charge in [0.2, 0.25) is 0 Å². The number of para-hydroxylation sites is 1. The lowest BCUT2D eigenvalue weighted by Crippen LogP contribution is -2.10. The quantitative estimate of drug-likeness (QED) is 0.151. The predicted octanol–water partition coefficient (Wildman–Crippen LogP) is 16.8. The number of hydrogen-bond acceptors (Lipinski definition) is 3. The summed E-state index contributed by atoms with van der Waals surface area (Å²) in [6.45, 7) is 0. The van der Waals surface area contributed by atoms with Gasteiger partial charge in [-0.2, -0.15) is 0 Å². The van der Waals surface area contributed by atoms with Gasteiger partial charge in [0.25, 0.3) is 0 Å². The van der Waals surface area contributed by atoms with E-state index in [1.54, 1.807) is 0 Å². The highest BCUT2D eigenvalue weighted by Crippen LogP contribution is 2.48. The Morgan fingerprint density at radius 1 is 0.295 bits per heavy atom. The number of benzene rings is 10. The number of hydrogen-bond donors (Lipinski definition) is 0. The lowest BCUT2D eigenvalue weighted by Gasteiger charge is -2.26. The van der Waals surface area contributed by atoms with Crippen molar-refractivity contribution in [3.63, 3.8) is 0 Å². The van der Waals surface area contributed by atoms with E-state index < -0.39 is 0 Å². The van der Waals surface area contributed by atoms with Crippen LogP contribution in [0.25, 0.3) is 99.2 Å². The Morgan fingerprint density at radius 2 is 0.820 bits per heavy atom. The molecule has 0 aliphatic rings. The van der Waals surface area contributed by atoms with E-state index in [0.29, 0.717) is 0 Å². The zero-order valence-corrected chi connectivity index (χ0v) is 33.1. The van der Waals surface area contributed by atoms with Crippen LogP contribution in [0.4, 0.5) is 17.1 Å². The second-order valence-corrected chi connectivity index (χ2v) is 15.6. The molecule has 0 atom stereocenters. The Kier molecular flexibility index (Phi) is 8.17. The highest BCUT2D eigenvalue weighted by atomic mass is 16.3. The van der Waals surface area contributed by atoms with Crippen LogP contribution in [0, 0.1) is 0 Å². The van der Waals surface area contributed by atoms with Gasteiger partial charge in [-0.25, -0.2) is 0 Å². The van der Waals surface area contributed by atoms with Crippen LogP contribution in [0.3, 0.4) is 0 Å². The molecule has 0 spiro atoms. The highest BCUT2D eigenvalue weighted by Gasteiger charge is 2.24. The SMILES string of the molecule is c1ccc(-c2ccc(N(c3ccc(-c4ccc5c(c4)c4ccccc4c4c(-c6ccccc6)c(-c6ccccc6)oc54)cc3)c3cccc4oc5ccccc5c34)cc2)cc1. The molecule has 0 fully saturated rings. The van der Waals surface area contributed by atoms with Gasteiger partial charge in [-0.05, 0) is 98.6 Å². The van der Waals surface area contributed by atoms with Gasteiger partial charge >= 0.3 is 0 Å². The van der Waals surface area contributed by atoms with Crippen molar-refractivity contribution < 1.29 is 8.83 Å². The number of nitrogens with zero attached hydrogens (tertiary/aromatic N) is 1. The monoisotopic (exact) mass is 779 g/mol. The first-order chi connectivity index (χ1) is 30.3. The Balaban J connectivity index is 1.01. The molecule has 12 aromatic rings. The molecule has 0 saturated heterocycles. The maximum Gasteiger partial charge on any atom is 0.143 e. The van der Waals surface area contributed by atoms with Gasteiger partial charge in [0.1, 0.15) is 22.5 Å². The minimum Gasteiger partial charge on any atom is -0.456 e. The lowest BCUT2D eigenvalue weighted by atomic mass is 9.91. The summed E-state index contributed by atoms with van der Waals surface area (Å²) in [6, 6.07) is 79.6. The third kappa shape index (κ3) is 5.82. The highest BCUT2D eigenvalue weighted by molar-refractivity contribution is 6.29. The predicted molar refractivity (Wildman–Crippen MR) is 255 cm³/mol. The second kappa shape index (κ2) is 14.3. The second-order valence-electron chi connectivity index (χ2n) is 15.6. The van der Waals surface area contributed by atoms with Crippen molar-refractivity contribution in [2.45, 2.75) is 0 Å². The minimum absolute atomic E-state index is 0.863. The molecule has 0 aliphatic heterocycles. The van der Waals surface area contributed by atoms with Crippen molar-refractivity contribution in [1.82, 2.24) is 0 Å². The molecule has 286 valence electrons. The van der Waals surface area contributed by atoms with Gasteiger partial charge in [0.15, 0.2) is 0 Å². The van der Waals surface area contributed by atoms with Crippen molar-refractivity contribution in [2.75, 3.05) is 4.90 Å². The molecule has 3 heteroatoms. The summed E-state index contributed by atoms with van der Waals surface area (Å²) in [5, 5.41) is 7.96. The van der Waals surface area contributed by atoms with E-state index in [-0.39, 0.29) is 0 Å². The largest absolute Gasteiger partial charge is 0.456 e. The number of furan rings is 2. The van der Waals surface area contributed by atoms with Crippen LogP contribution in [0.15, 0.2) is 233 Å². The van der Waals surface area contributed by atoms with Crippen LogP contribution in [-0.4, -0.2) is 0 Å². The smallest absolute Gasteiger partial charge is 0.143 e. The third-order valence-electron chi connectivity index (χ3n) is 12.1. The zero-order chi connectivity index (χ0) is 40.3. The first-order valence-corrected chi connectivity index (χ1v) is 20.7. The summed E-state index contributed by atoms with van der Waals surface area (Å²) < 4.78 is 13.4. The molecular formula is C58H37NO2. The molecule has 0 bridgehead atoms. The topological polar surface area (TPSA) is 29.5 Å². The van der Waals surface area contributed by atoms with Gasteiger partial charge in [-0.1, -0.05) is 170 Å². The van der Waals surface area contributed by atoms with Crippen LogP contribution in [-0.2, 0) is 0 Å². The summed E-state index contributed by atoms with van der Waals surface area (Å²) in [7, 11) is 0. The van der Waals surface area contributed by atoms with Gasteiger partial charge in [0.05, 0.1) is 11.1 Å². The van der Waals surface area contributed by atoms with Crippen LogP contribution in [0.1, 0.15) is 0 Å². The van der Waals surface area contributed by atoms with Crippen LogP contribution in [0.2, 0.25) is 0 Å². The fraction of sp³-hybridized carbons (Fsp3) is 0. The summed E-state index contributed by atoms with van der Waals surface area (Å²) in [6.07, 6.45) is 0. The molecule has 12 rings (SSSR count). The van der Waals surface area contributed by atoms with Crippen LogP contribution >= 0.6 is 0 Å². The molecule has 0 saturated carbocycles. The first kappa shape index (κ1) is 34.9. The minimum atomic E-state index is 0.863. The average molecular weight is 780 g/mol. The first-order valence-electron chi connectivity index (χ1n) is 20.7. The third-order valence-corrected chi connectivity index (χ3v) is 12.1. The van der Waals surface area contributed by atoms with E-state index in [4.69, 9.17) is 8.83 Å². The van der Waals surface area contributed by atoms with Gasteiger partial charge in [-0.15, -0.1) is 0 Å². The summed E-state index contributed by atoms with van der Waals surface area (Å²) in [5.74, 6) is 0.887. The van der Waals surface area contributed by atoms with Crippen LogP contribution in [0.5, 0.6) is 0 Å². The van der Waals surface area contributed by atoms with Gasteiger partial charge < -0.3 is 13.7 Å². The zero-order valence-electron chi connectivity index (χ0n) is 33.1. The van der Waals surface area contributed by atoms with Crippen molar-refractivity contribution in [2.24, 2.45) is 0 Å². The molecule has 0 radical (unpaired) electrons. The molecule has 2 heterocycles. The molecule has 0 N–H and O–H groups in total. The van der Waals surface area contributed by atoms with Crippen molar-refractivity contribution in [1.29, 1.82) is 0 Å². The van der Waals surface area contributed by atoms with E-state index in [1.807, 2.05) is 12.1 Å². The maximum absolute atomic E-state index is 7.00. The molecule has 3 nitrogen and oxygen atoms in total. The fourth-order valence-corrected chi connectivity index (χ4v) is 9.24. The standard InChI is InChI=1S/C58H37NO2/c1-4-15-38(16-5-1)39-27-32-44(33-28-39)59(51-24-14-26-53-55(51)49-23-12-13-25-52(49)60-53)45-34-29-40(30-35-45)43-31-36-48-50(37-43)46-21-10-11-22-47(46)56-54(41-17-6-2-7-18-41)57(61-58(48)56)42-19-8-3-9-20-42/h1-37H. The molecule has 61 heavy (non-hydrogen) atoms. The van der Waals surface area contributed by atoms with E-state index >= 15 is 0 Å². The Labute approximate surface area is 353 Å². The molecule has 0 amide bonds. The van der Waals surface area contributed by atoms with Gasteiger partial charge in [-0.3, -0.25) is 0 Å². The normalized spacial score (nSPS) is 11.6. The van der Waals surface area contributed by atoms with Crippen molar-refractivity contribution in [3.8, 4) is 44.7 Å². The summed E-state index contributed by atoms with van der Waals surface area (Å²) >= 11 is 0.